The standard InChI is InChI=1S/C23H32N4O4S/c1-16(2)31-14-8-13-27-21(29)18-11-6-7-12-19(18)25-23(27)32-15-20(28)26-22(30)24-17-9-4-3-5-10-17/h6-7,11-12,16-17H,3-5,8-10,13-15H2,1-2H3,(H2,24,26,28,30). The average Bonchev–Trinajstić information content (AvgIpc) is 2.77. The molecule has 0 atom stereocenters. The largest absolute Gasteiger partial charge is 0.379 e. The van der Waals surface area contributed by atoms with Crippen LogP contribution in [0.15, 0.2) is 34.2 Å². The van der Waals surface area contributed by atoms with Crippen LogP contribution >= 0.6 is 11.8 Å². The monoisotopic (exact) mass is 460 g/mol. The summed E-state index contributed by atoms with van der Waals surface area (Å²) in [6, 6.07) is 6.84. The number of hydrogen-bond acceptors (Lipinski definition) is 6. The van der Waals surface area contributed by atoms with Crippen molar-refractivity contribution in [2.24, 2.45) is 0 Å². The van der Waals surface area contributed by atoms with Gasteiger partial charge in [-0.2, -0.15) is 0 Å². The molecule has 3 amide bonds. The van der Waals surface area contributed by atoms with Gasteiger partial charge in [0, 0.05) is 19.2 Å². The molecule has 1 aliphatic carbocycles. The fraction of sp³-hybridized carbons (Fsp3) is 0.565. The van der Waals surface area contributed by atoms with Crippen molar-refractivity contribution < 1.29 is 14.3 Å². The number of benzene rings is 1. The fourth-order valence-electron chi connectivity index (χ4n) is 3.76. The number of para-hydroxylation sites is 1. The zero-order valence-electron chi connectivity index (χ0n) is 18.8. The number of rotatable bonds is 9. The van der Waals surface area contributed by atoms with Crippen molar-refractivity contribution in [1.82, 2.24) is 20.2 Å². The Morgan fingerprint density at radius 1 is 1.22 bits per heavy atom. The number of nitrogens with one attached hydrogen (secondary N) is 2. The zero-order valence-corrected chi connectivity index (χ0v) is 19.6. The van der Waals surface area contributed by atoms with Gasteiger partial charge in [-0.15, -0.1) is 0 Å². The number of carbonyl (C=O) groups excluding carboxylic acids is 2. The number of amides is 3. The first-order chi connectivity index (χ1) is 15.4. The molecule has 174 valence electrons. The van der Waals surface area contributed by atoms with Gasteiger partial charge in [0.2, 0.25) is 5.91 Å². The second kappa shape index (κ2) is 12.0. The van der Waals surface area contributed by atoms with E-state index in [4.69, 9.17) is 4.74 Å². The number of aromatic nitrogens is 2. The number of urea groups is 1. The third-order valence-corrected chi connectivity index (χ3v) is 6.31. The number of fused-ring (bicyclic) bond motifs is 1. The molecule has 2 aromatic rings. The molecule has 2 N–H and O–H groups in total. The van der Waals surface area contributed by atoms with Crippen LogP contribution in [0.1, 0.15) is 52.4 Å². The summed E-state index contributed by atoms with van der Waals surface area (Å²) >= 11 is 1.16. The van der Waals surface area contributed by atoms with E-state index in [1.807, 2.05) is 26.0 Å². The number of hydrogen-bond donors (Lipinski definition) is 2. The van der Waals surface area contributed by atoms with Crippen LogP contribution < -0.4 is 16.2 Å². The minimum absolute atomic E-state index is 0.00857. The van der Waals surface area contributed by atoms with Gasteiger partial charge in [0.25, 0.3) is 5.56 Å². The molecule has 1 saturated carbocycles. The summed E-state index contributed by atoms with van der Waals surface area (Å²) in [5.41, 5.74) is 0.447. The minimum atomic E-state index is -0.461. The van der Waals surface area contributed by atoms with Crippen molar-refractivity contribution in [3.05, 3.63) is 34.6 Å². The molecule has 1 aromatic heterocycles. The third kappa shape index (κ3) is 7.06. The van der Waals surface area contributed by atoms with Gasteiger partial charge in [-0.05, 0) is 45.2 Å². The smallest absolute Gasteiger partial charge is 0.321 e. The second-order valence-electron chi connectivity index (χ2n) is 8.29. The van der Waals surface area contributed by atoms with E-state index in [1.54, 1.807) is 16.7 Å². The van der Waals surface area contributed by atoms with Crippen LogP contribution in [0.3, 0.4) is 0 Å². The van der Waals surface area contributed by atoms with Gasteiger partial charge in [-0.1, -0.05) is 43.2 Å². The van der Waals surface area contributed by atoms with Gasteiger partial charge in [-0.25, -0.2) is 9.78 Å². The molecule has 0 spiro atoms. The van der Waals surface area contributed by atoms with Crippen LogP contribution in [0.2, 0.25) is 0 Å². The fourth-order valence-corrected chi connectivity index (χ4v) is 4.58. The first kappa shape index (κ1) is 24.3. The highest BCUT2D eigenvalue weighted by Gasteiger charge is 2.18. The second-order valence-corrected chi connectivity index (χ2v) is 9.23. The van der Waals surface area contributed by atoms with Crippen molar-refractivity contribution in [3.63, 3.8) is 0 Å². The molecule has 1 heterocycles. The topological polar surface area (TPSA) is 102 Å². The van der Waals surface area contributed by atoms with Crippen molar-refractivity contribution in [3.8, 4) is 0 Å². The lowest BCUT2D eigenvalue weighted by Crippen LogP contribution is -2.45. The number of ether oxygens (including phenoxy) is 1. The molecule has 1 aromatic carbocycles. The van der Waals surface area contributed by atoms with E-state index >= 15 is 0 Å². The maximum absolute atomic E-state index is 13.0. The van der Waals surface area contributed by atoms with Gasteiger partial charge < -0.3 is 10.1 Å². The molecule has 0 saturated heterocycles. The molecule has 1 fully saturated rings. The third-order valence-electron chi connectivity index (χ3n) is 5.33. The normalized spacial score (nSPS) is 14.6. The van der Waals surface area contributed by atoms with Crippen molar-refractivity contribution in [2.45, 2.75) is 76.2 Å². The lowest BCUT2D eigenvalue weighted by molar-refractivity contribution is -0.117. The van der Waals surface area contributed by atoms with Crippen molar-refractivity contribution in [2.75, 3.05) is 12.4 Å². The molecule has 3 rings (SSSR count). The summed E-state index contributed by atoms with van der Waals surface area (Å²) in [4.78, 5) is 42.1. The Kier molecular flexibility index (Phi) is 9.11. The molecule has 8 nitrogen and oxygen atoms in total. The molecular weight excluding hydrogens is 428 g/mol. The van der Waals surface area contributed by atoms with E-state index in [9.17, 15) is 14.4 Å². The molecule has 0 bridgehead atoms. The van der Waals surface area contributed by atoms with E-state index < -0.39 is 11.9 Å². The Bertz CT molecular complexity index is 986. The predicted octanol–water partition coefficient (Wildman–Crippen LogP) is 3.46. The average molecular weight is 461 g/mol. The first-order valence-corrected chi connectivity index (χ1v) is 12.3. The van der Waals surface area contributed by atoms with Gasteiger partial charge >= 0.3 is 6.03 Å². The SMILES string of the molecule is CC(C)OCCCn1c(SCC(=O)NC(=O)NC2CCCCC2)nc2ccccc2c1=O. The number of nitrogens with zero attached hydrogens (tertiary/aromatic N) is 2. The van der Waals surface area contributed by atoms with E-state index in [-0.39, 0.29) is 23.5 Å². The molecule has 0 aliphatic heterocycles. The van der Waals surface area contributed by atoms with Gasteiger partial charge in [0.05, 0.1) is 22.8 Å². The highest BCUT2D eigenvalue weighted by molar-refractivity contribution is 7.99. The van der Waals surface area contributed by atoms with Crippen LogP contribution in [-0.4, -0.2) is 46.0 Å². The molecule has 0 unspecified atom stereocenters. The first-order valence-electron chi connectivity index (χ1n) is 11.3. The van der Waals surface area contributed by atoms with Gasteiger partial charge in [0.1, 0.15) is 0 Å². The van der Waals surface area contributed by atoms with Crippen LogP contribution in [-0.2, 0) is 16.1 Å². The van der Waals surface area contributed by atoms with Crippen molar-refractivity contribution >= 4 is 34.6 Å². The van der Waals surface area contributed by atoms with Crippen LogP contribution in [0, 0.1) is 0 Å². The summed E-state index contributed by atoms with van der Waals surface area (Å²) in [5, 5.41) is 6.26. The van der Waals surface area contributed by atoms with Crippen molar-refractivity contribution in [1.29, 1.82) is 0 Å². The highest BCUT2D eigenvalue weighted by Crippen LogP contribution is 2.19. The molecular formula is C23H32N4O4S. The number of thioether (sulfide) groups is 1. The van der Waals surface area contributed by atoms with Gasteiger partial charge in [0.15, 0.2) is 5.16 Å². The Balaban J connectivity index is 1.63. The Morgan fingerprint density at radius 2 is 1.97 bits per heavy atom. The zero-order chi connectivity index (χ0) is 22.9. The lowest BCUT2D eigenvalue weighted by Gasteiger charge is -2.22. The van der Waals surface area contributed by atoms with Crippen LogP contribution in [0.4, 0.5) is 4.79 Å². The molecule has 32 heavy (non-hydrogen) atoms. The summed E-state index contributed by atoms with van der Waals surface area (Å²) in [6.45, 7) is 4.90. The quantitative estimate of drug-likeness (QED) is 0.338. The summed E-state index contributed by atoms with van der Waals surface area (Å²) < 4.78 is 7.17. The number of carbonyl (C=O) groups is 2. The minimum Gasteiger partial charge on any atom is -0.379 e. The maximum Gasteiger partial charge on any atom is 0.321 e. The molecule has 0 radical (unpaired) electrons. The van der Waals surface area contributed by atoms with E-state index in [2.05, 4.69) is 15.6 Å². The van der Waals surface area contributed by atoms with E-state index in [0.29, 0.717) is 35.6 Å². The Morgan fingerprint density at radius 3 is 2.72 bits per heavy atom. The lowest BCUT2D eigenvalue weighted by atomic mass is 9.96. The predicted molar refractivity (Wildman–Crippen MR) is 126 cm³/mol. The van der Waals surface area contributed by atoms with E-state index in [1.165, 1.54) is 6.42 Å². The highest BCUT2D eigenvalue weighted by atomic mass is 32.2. The summed E-state index contributed by atoms with van der Waals surface area (Å²) in [7, 11) is 0. The molecule has 1 aliphatic rings. The van der Waals surface area contributed by atoms with Crippen LogP contribution in [0.5, 0.6) is 0 Å². The van der Waals surface area contributed by atoms with Gasteiger partial charge in [-0.3, -0.25) is 19.5 Å². The Labute approximate surface area is 192 Å². The summed E-state index contributed by atoms with van der Waals surface area (Å²) in [6.07, 6.45) is 6.07. The summed E-state index contributed by atoms with van der Waals surface area (Å²) in [5.74, 6) is -0.425. The maximum atomic E-state index is 13.0. The number of imide groups is 1. The Hall–Kier alpha value is -2.39. The molecule has 9 heteroatoms. The van der Waals surface area contributed by atoms with E-state index in [0.717, 1.165) is 37.4 Å². The van der Waals surface area contributed by atoms with Crippen LogP contribution in [0.25, 0.3) is 10.9 Å².